The molecule has 0 saturated carbocycles. The monoisotopic (exact) mass is 592 g/mol. The first-order valence-electron chi connectivity index (χ1n) is 12.5. The van der Waals surface area contributed by atoms with Gasteiger partial charge in [0.25, 0.3) is 15.9 Å². The highest BCUT2D eigenvalue weighted by Crippen LogP contribution is 2.35. The van der Waals surface area contributed by atoms with Crippen LogP contribution in [0.3, 0.4) is 0 Å². The summed E-state index contributed by atoms with van der Waals surface area (Å²) in [6.45, 7) is 3.98. The van der Waals surface area contributed by atoms with Gasteiger partial charge in [0.05, 0.1) is 34.0 Å². The molecule has 8 nitrogen and oxygen atoms in total. The van der Waals surface area contributed by atoms with Crippen molar-refractivity contribution in [3.8, 4) is 17.0 Å². The highest BCUT2D eigenvalue weighted by atomic mass is 32.2. The minimum absolute atomic E-state index is 0.237. The number of sulfonamides is 1. The van der Waals surface area contributed by atoms with Crippen molar-refractivity contribution in [2.75, 3.05) is 35.6 Å². The number of benzene rings is 3. The summed E-state index contributed by atoms with van der Waals surface area (Å²) in [6, 6.07) is 19.6. The van der Waals surface area contributed by atoms with Crippen LogP contribution in [0, 0.1) is 6.92 Å². The van der Waals surface area contributed by atoms with Crippen LogP contribution < -0.4 is 19.7 Å². The molecule has 0 aliphatic heterocycles. The lowest BCUT2D eigenvalue weighted by molar-refractivity contribution is 0.103. The molecule has 40 heavy (non-hydrogen) atoms. The maximum Gasteiger partial charge on any atom is 0.265 e. The van der Waals surface area contributed by atoms with Crippen molar-refractivity contribution < 1.29 is 17.9 Å². The fourth-order valence-electron chi connectivity index (χ4n) is 4.30. The summed E-state index contributed by atoms with van der Waals surface area (Å²) < 4.78 is 34.5. The van der Waals surface area contributed by atoms with Crippen LogP contribution >= 0.6 is 22.7 Å². The molecule has 2 aromatic heterocycles. The third-order valence-corrected chi connectivity index (χ3v) is 10.3. The molecule has 5 aromatic rings. The Kier molecular flexibility index (Phi) is 7.79. The molecular formula is C29H28N4O4S3. The number of aromatic nitrogens is 1. The number of anilines is 3. The summed E-state index contributed by atoms with van der Waals surface area (Å²) in [5.41, 5.74) is 3.71. The van der Waals surface area contributed by atoms with Gasteiger partial charge in [-0.15, -0.1) is 22.7 Å². The molecule has 0 unspecified atom stereocenters. The van der Waals surface area contributed by atoms with E-state index in [0.29, 0.717) is 22.0 Å². The van der Waals surface area contributed by atoms with E-state index in [-0.39, 0.29) is 17.3 Å². The highest BCUT2D eigenvalue weighted by molar-refractivity contribution is 7.92. The summed E-state index contributed by atoms with van der Waals surface area (Å²) in [7, 11) is -0.368. The van der Waals surface area contributed by atoms with Gasteiger partial charge in [0.2, 0.25) is 0 Å². The highest BCUT2D eigenvalue weighted by Gasteiger charge is 2.24. The number of carbonyl (C=O) groups is 1. The Labute approximate surface area is 241 Å². The zero-order valence-corrected chi connectivity index (χ0v) is 24.8. The summed E-state index contributed by atoms with van der Waals surface area (Å²) >= 11 is 2.84. The average Bonchev–Trinajstić information content (AvgIpc) is 3.61. The molecule has 0 spiro atoms. The number of amides is 1. The molecule has 0 aliphatic rings. The molecule has 1 amide bonds. The van der Waals surface area contributed by atoms with Crippen molar-refractivity contribution >= 4 is 65.2 Å². The smallest absolute Gasteiger partial charge is 0.265 e. The topological polar surface area (TPSA) is 101 Å². The molecule has 0 atom stereocenters. The SMILES string of the molecule is CCN(c1ccc2sc(C(=O)Nc3cc(-c4csc(NC)n4)ccc3OC)cc2c1)S(=O)(=O)c1ccc(C)cc1. The molecule has 2 N–H and O–H groups in total. The van der Waals surface area contributed by atoms with E-state index in [4.69, 9.17) is 4.74 Å². The van der Waals surface area contributed by atoms with Crippen LogP contribution in [0.25, 0.3) is 21.3 Å². The maximum absolute atomic E-state index is 13.4. The van der Waals surface area contributed by atoms with Gasteiger partial charge >= 0.3 is 0 Å². The second-order valence-electron chi connectivity index (χ2n) is 8.97. The first-order valence-corrected chi connectivity index (χ1v) is 15.6. The molecule has 0 aliphatic carbocycles. The van der Waals surface area contributed by atoms with Crippen molar-refractivity contribution in [2.45, 2.75) is 18.7 Å². The summed E-state index contributed by atoms with van der Waals surface area (Å²) in [4.78, 5) is 18.6. The van der Waals surface area contributed by atoms with Crippen molar-refractivity contribution in [1.82, 2.24) is 4.98 Å². The molecule has 3 aromatic carbocycles. The van der Waals surface area contributed by atoms with E-state index in [9.17, 15) is 13.2 Å². The zero-order chi connectivity index (χ0) is 28.4. The fourth-order valence-corrected chi connectivity index (χ4v) is 7.38. The number of ether oxygens (including phenoxy) is 1. The Hall–Kier alpha value is -3.93. The number of fused-ring (bicyclic) bond motifs is 1. The molecule has 11 heteroatoms. The second-order valence-corrected chi connectivity index (χ2v) is 12.8. The number of nitrogens with one attached hydrogen (secondary N) is 2. The van der Waals surface area contributed by atoms with E-state index in [1.165, 1.54) is 27.0 Å². The molecule has 0 radical (unpaired) electrons. The number of nitrogens with zero attached hydrogens (tertiary/aromatic N) is 2. The van der Waals surface area contributed by atoms with Gasteiger partial charge in [-0.3, -0.25) is 9.10 Å². The second kappa shape index (κ2) is 11.3. The molecule has 206 valence electrons. The third kappa shape index (κ3) is 5.40. The Morgan fingerprint density at radius 1 is 1.05 bits per heavy atom. The molecule has 2 heterocycles. The minimum Gasteiger partial charge on any atom is -0.495 e. The number of aryl methyl sites for hydroxylation is 1. The third-order valence-electron chi connectivity index (χ3n) is 6.37. The number of thiazole rings is 1. The number of thiophene rings is 1. The van der Waals surface area contributed by atoms with E-state index in [1.807, 2.05) is 37.6 Å². The van der Waals surface area contributed by atoms with E-state index in [0.717, 1.165) is 32.0 Å². The standard InChI is InChI=1S/C29H28N4O4S3/c1-5-33(40(35,36)22-10-6-18(2)7-11-22)21-9-13-26-20(14-21)16-27(39-26)28(34)31-23-15-19(8-12-25(23)37-4)24-17-38-29(30-3)32-24/h6-17H,5H2,1-4H3,(H,30,32)(H,31,34). The number of rotatable bonds is 9. The van der Waals surface area contributed by atoms with Crippen molar-refractivity contribution in [1.29, 1.82) is 0 Å². The first kappa shape index (κ1) is 27.6. The molecule has 0 bridgehead atoms. The fraction of sp³-hybridized carbons (Fsp3) is 0.172. The van der Waals surface area contributed by atoms with Gasteiger partial charge in [0.15, 0.2) is 5.13 Å². The van der Waals surface area contributed by atoms with Gasteiger partial charge in [-0.25, -0.2) is 13.4 Å². The quantitative estimate of drug-likeness (QED) is 0.194. The van der Waals surface area contributed by atoms with Gasteiger partial charge < -0.3 is 15.4 Å². The lowest BCUT2D eigenvalue weighted by Crippen LogP contribution is -2.30. The molecule has 0 fully saturated rings. The first-order chi connectivity index (χ1) is 19.2. The average molecular weight is 593 g/mol. The number of methoxy groups -OCH3 is 1. The number of hydrogen-bond acceptors (Lipinski definition) is 8. The van der Waals surface area contributed by atoms with Crippen LogP contribution in [0.4, 0.5) is 16.5 Å². The van der Waals surface area contributed by atoms with Gasteiger partial charge in [-0.05, 0) is 73.8 Å². The largest absolute Gasteiger partial charge is 0.495 e. The summed E-state index contributed by atoms with van der Waals surface area (Å²) in [5.74, 6) is 0.247. The molecule has 0 saturated heterocycles. The van der Waals surface area contributed by atoms with Crippen molar-refractivity contribution in [3.63, 3.8) is 0 Å². The lowest BCUT2D eigenvalue weighted by Gasteiger charge is -2.23. The summed E-state index contributed by atoms with van der Waals surface area (Å²) in [5, 5.41) is 9.53. The Balaban J connectivity index is 1.42. The number of carbonyl (C=O) groups excluding carboxylic acids is 1. The van der Waals surface area contributed by atoms with Crippen LogP contribution in [0.5, 0.6) is 5.75 Å². The zero-order valence-electron chi connectivity index (χ0n) is 22.4. The van der Waals surface area contributed by atoms with Gasteiger partial charge in [0, 0.05) is 29.2 Å². The van der Waals surface area contributed by atoms with Crippen LogP contribution in [-0.4, -0.2) is 40.0 Å². The van der Waals surface area contributed by atoms with Gasteiger partial charge in [-0.2, -0.15) is 0 Å². The number of hydrogen-bond donors (Lipinski definition) is 2. The minimum atomic E-state index is -3.74. The van der Waals surface area contributed by atoms with Crippen LogP contribution in [0.2, 0.25) is 0 Å². The Morgan fingerprint density at radius 3 is 2.50 bits per heavy atom. The van der Waals surface area contributed by atoms with Gasteiger partial charge in [-0.1, -0.05) is 17.7 Å². The van der Waals surface area contributed by atoms with E-state index < -0.39 is 10.0 Å². The Bertz CT molecular complexity index is 1790. The predicted molar refractivity (Wildman–Crippen MR) is 165 cm³/mol. The lowest BCUT2D eigenvalue weighted by atomic mass is 10.1. The van der Waals surface area contributed by atoms with Crippen LogP contribution in [-0.2, 0) is 10.0 Å². The van der Waals surface area contributed by atoms with E-state index >= 15 is 0 Å². The van der Waals surface area contributed by atoms with Crippen LogP contribution in [0.1, 0.15) is 22.2 Å². The van der Waals surface area contributed by atoms with Crippen molar-refractivity contribution in [3.05, 3.63) is 82.6 Å². The predicted octanol–water partition coefficient (Wildman–Crippen LogP) is 6.85. The normalized spacial score (nSPS) is 11.4. The van der Waals surface area contributed by atoms with E-state index in [1.54, 1.807) is 62.6 Å². The Morgan fingerprint density at radius 2 is 1.82 bits per heavy atom. The maximum atomic E-state index is 13.4. The van der Waals surface area contributed by atoms with Crippen molar-refractivity contribution in [2.24, 2.45) is 0 Å². The molecular weight excluding hydrogens is 565 g/mol. The summed E-state index contributed by atoms with van der Waals surface area (Å²) in [6.07, 6.45) is 0. The van der Waals surface area contributed by atoms with E-state index in [2.05, 4.69) is 15.6 Å². The van der Waals surface area contributed by atoms with Gasteiger partial charge in [0.1, 0.15) is 5.75 Å². The van der Waals surface area contributed by atoms with Crippen LogP contribution in [0.15, 0.2) is 77.0 Å². The molecule has 5 rings (SSSR count).